The third-order valence-electron chi connectivity index (χ3n) is 6.28. The average Bonchev–Trinajstić information content (AvgIpc) is 3.14. The third kappa shape index (κ3) is 10.0. The van der Waals surface area contributed by atoms with Gasteiger partial charge in [-0.05, 0) is 73.8 Å². The summed E-state index contributed by atoms with van der Waals surface area (Å²) in [6.07, 6.45) is 2.10. The lowest BCUT2D eigenvalue weighted by atomic mass is 9.95. The Hall–Kier alpha value is -1.91. The third-order valence-corrected chi connectivity index (χ3v) is 6.28. The van der Waals surface area contributed by atoms with Gasteiger partial charge in [-0.3, -0.25) is 9.59 Å². The van der Waals surface area contributed by atoms with E-state index in [4.69, 9.17) is 34.0 Å². The van der Waals surface area contributed by atoms with Gasteiger partial charge >= 0.3 is 11.9 Å². The van der Waals surface area contributed by atoms with Gasteiger partial charge in [-0.1, -0.05) is 30.8 Å². The minimum absolute atomic E-state index is 0.0354. The fourth-order valence-corrected chi connectivity index (χ4v) is 4.14. The number of fused-ring (bicyclic) bond motifs is 1. The van der Waals surface area contributed by atoms with E-state index < -0.39 is 53.3 Å². The van der Waals surface area contributed by atoms with E-state index in [2.05, 4.69) is 10.0 Å². The smallest absolute Gasteiger partial charge is 0.311 e. The second kappa shape index (κ2) is 13.9. The molecule has 0 unspecified atom stereocenters. The van der Waals surface area contributed by atoms with Gasteiger partial charge in [0.15, 0.2) is 18.2 Å². The fraction of sp³-hybridized carbons (Fsp3) is 0.926. The molecule has 0 spiro atoms. The van der Waals surface area contributed by atoms with Crippen molar-refractivity contribution in [1.82, 2.24) is 0 Å². The molecule has 2 rings (SSSR count). The highest BCUT2D eigenvalue weighted by atomic mass is 16.8. The van der Waals surface area contributed by atoms with Gasteiger partial charge in [-0.2, -0.15) is 0 Å². The molecule has 0 aromatic heterocycles. The van der Waals surface area contributed by atoms with E-state index in [9.17, 15) is 9.59 Å². The van der Waals surface area contributed by atoms with Crippen molar-refractivity contribution < 1.29 is 38.0 Å². The second-order valence-electron chi connectivity index (χ2n) is 12.5. The Labute approximate surface area is 226 Å². The largest absolute Gasteiger partial charge is 0.462 e. The molecule has 0 bridgehead atoms. The maximum atomic E-state index is 12.9. The number of hydrogen-bond acceptors (Lipinski definition) is 9. The van der Waals surface area contributed by atoms with Crippen molar-refractivity contribution in [3.8, 4) is 0 Å². The number of rotatable bonds is 13. The highest BCUT2D eigenvalue weighted by Crippen LogP contribution is 2.40. The van der Waals surface area contributed by atoms with Gasteiger partial charge in [0.2, 0.25) is 0 Å². The van der Waals surface area contributed by atoms with E-state index in [1.807, 2.05) is 0 Å². The number of carbonyl (C=O) groups excluding carboxylic acids is 2. The molecule has 0 saturated carbocycles. The van der Waals surface area contributed by atoms with E-state index in [0.717, 1.165) is 38.5 Å². The predicted octanol–water partition coefficient (Wildman–Crippen LogP) is 5.45. The molecular formula is C27H47N3O8. The molecule has 0 aromatic rings. The van der Waals surface area contributed by atoms with Crippen molar-refractivity contribution in [3.05, 3.63) is 10.4 Å². The van der Waals surface area contributed by atoms with Gasteiger partial charge in [0.25, 0.3) is 0 Å². The van der Waals surface area contributed by atoms with Crippen molar-refractivity contribution in [3.63, 3.8) is 0 Å². The Balaban J connectivity index is 2.06. The lowest BCUT2D eigenvalue weighted by Gasteiger charge is -2.42. The van der Waals surface area contributed by atoms with Gasteiger partial charge in [0.05, 0.1) is 10.8 Å². The van der Waals surface area contributed by atoms with Gasteiger partial charge in [0, 0.05) is 18.1 Å². The van der Waals surface area contributed by atoms with Crippen molar-refractivity contribution in [2.24, 2.45) is 15.9 Å². The van der Waals surface area contributed by atoms with E-state index >= 15 is 0 Å². The van der Waals surface area contributed by atoms with Crippen LogP contribution in [0.5, 0.6) is 0 Å². The number of esters is 2. The van der Waals surface area contributed by atoms with Crippen LogP contribution in [-0.2, 0) is 38.0 Å². The van der Waals surface area contributed by atoms with Crippen LogP contribution in [0.3, 0.4) is 0 Å². The SMILES string of the molecule is CC1(C)O[C@H]2[C@@H](O1)[C@@H](COC(=O)C(C)(C)C)O[C@@H](OCCCCCCCCN=[N+]=[N-])[C@@H]2OC(=O)C(C)(C)C. The number of hydrogen-bond donors (Lipinski definition) is 0. The Bertz CT molecular complexity index is 829. The van der Waals surface area contributed by atoms with E-state index in [-0.39, 0.29) is 12.6 Å². The van der Waals surface area contributed by atoms with E-state index in [1.54, 1.807) is 55.4 Å². The molecule has 2 fully saturated rings. The molecule has 2 saturated heterocycles. The van der Waals surface area contributed by atoms with E-state index in [0.29, 0.717) is 13.2 Å². The molecule has 0 aliphatic carbocycles. The summed E-state index contributed by atoms with van der Waals surface area (Å²) in [6.45, 7) is 15.2. The van der Waals surface area contributed by atoms with Crippen LogP contribution in [0.25, 0.3) is 10.4 Å². The molecule has 38 heavy (non-hydrogen) atoms. The van der Waals surface area contributed by atoms with Crippen LogP contribution in [-0.4, -0.2) is 68.2 Å². The quantitative estimate of drug-likeness (QED) is 0.0987. The molecule has 0 amide bonds. The summed E-state index contributed by atoms with van der Waals surface area (Å²) in [4.78, 5) is 28.0. The molecular weight excluding hydrogens is 494 g/mol. The molecule has 0 N–H and O–H groups in total. The summed E-state index contributed by atoms with van der Waals surface area (Å²) in [7, 11) is 0. The molecule has 11 heteroatoms. The number of unbranched alkanes of at least 4 members (excludes halogenated alkanes) is 5. The molecule has 2 aliphatic heterocycles. The van der Waals surface area contributed by atoms with Crippen LogP contribution >= 0.6 is 0 Å². The summed E-state index contributed by atoms with van der Waals surface area (Å²) in [5, 5.41) is 3.55. The Morgan fingerprint density at radius 3 is 2.08 bits per heavy atom. The summed E-state index contributed by atoms with van der Waals surface area (Å²) in [5.74, 6) is -1.69. The number of nitrogens with zero attached hydrogens (tertiary/aromatic N) is 3. The van der Waals surface area contributed by atoms with Gasteiger partial charge in [0.1, 0.15) is 24.9 Å². The van der Waals surface area contributed by atoms with Crippen LogP contribution in [0, 0.1) is 10.8 Å². The average molecular weight is 542 g/mol. The summed E-state index contributed by atoms with van der Waals surface area (Å²) >= 11 is 0. The minimum Gasteiger partial charge on any atom is -0.462 e. The molecule has 218 valence electrons. The summed E-state index contributed by atoms with van der Waals surface area (Å²) in [6, 6.07) is 0. The normalized spacial score (nSPS) is 26.8. The van der Waals surface area contributed by atoms with Crippen molar-refractivity contribution in [2.45, 2.75) is 130 Å². The van der Waals surface area contributed by atoms with Crippen LogP contribution in [0.15, 0.2) is 5.11 Å². The monoisotopic (exact) mass is 541 g/mol. The number of ether oxygens (including phenoxy) is 6. The molecule has 11 nitrogen and oxygen atoms in total. The maximum absolute atomic E-state index is 12.9. The van der Waals surface area contributed by atoms with Crippen LogP contribution < -0.4 is 0 Å². The first-order chi connectivity index (χ1) is 17.7. The predicted molar refractivity (Wildman–Crippen MR) is 140 cm³/mol. The van der Waals surface area contributed by atoms with Crippen molar-refractivity contribution >= 4 is 11.9 Å². The summed E-state index contributed by atoms with van der Waals surface area (Å²) in [5.41, 5.74) is 6.94. The molecule has 0 radical (unpaired) electrons. The zero-order valence-electron chi connectivity index (χ0n) is 24.4. The standard InChI is InChI=1S/C27H47N3O8/c1-25(2,3)23(31)34-17-18-19-20(38-27(7,8)37-19)21(36-24(32)26(4,5)6)22(35-18)33-16-14-12-10-9-11-13-15-29-30-28/h18-22H,9-17H2,1-8H3/t18-,19+,20+,21-,22-/m1/s1. The molecule has 2 aliphatic rings. The zero-order chi connectivity index (χ0) is 28.6. The van der Waals surface area contributed by atoms with Crippen LogP contribution in [0.1, 0.15) is 93.9 Å². The fourth-order valence-electron chi connectivity index (χ4n) is 4.14. The van der Waals surface area contributed by atoms with Crippen LogP contribution in [0.2, 0.25) is 0 Å². The Morgan fingerprint density at radius 1 is 0.895 bits per heavy atom. The minimum atomic E-state index is -0.940. The number of azide groups is 1. The first kappa shape index (κ1) is 32.3. The van der Waals surface area contributed by atoms with Crippen molar-refractivity contribution in [2.75, 3.05) is 19.8 Å². The van der Waals surface area contributed by atoms with Gasteiger partial charge in [-0.25, -0.2) is 0 Å². The molecule has 5 atom stereocenters. The highest BCUT2D eigenvalue weighted by Gasteiger charge is 2.58. The highest BCUT2D eigenvalue weighted by molar-refractivity contribution is 5.76. The van der Waals surface area contributed by atoms with Gasteiger partial charge < -0.3 is 28.4 Å². The Morgan fingerprint density at radius 2 is 1.47 bits per heavy atom. The maximum Gasteiger partial charge on any atom is 0.311 e. The van der Waals surface area contributed by atoms with E-state index in [1.165, 1.54) is 0 Å². The summed E-state index contributed by atoms with van der Waals surface area (Å²) < 4.78 is 36.1. The topological polar surface area (TPSA) is 138 Å². The first-order valence-corrected chi connectivity index (χ1v) is 13.7. The lowest BCUT2D eigenvalue weighted by molar-refractivity contribution is -0.289. The number of carbonyl (C=O) groups is 2. The molecule has 0 aromatic carbocycles. The molecule has 2 heterocycles. The van der Waals surface area contributed by atoms with Crippen molar-refractivity contribution in [1.29, 1.82) is 0 Å². The zero-order valence-corrected chi connectivity index (χ0v) is 24.4. The first-order valence-electron chi connectivity index (χ1n) is 13.7. The van der Waals surface area contributed by atoms with Crippen LogP contribution in [0.4, 0.5) is 0 Å². The Kier molecular flexibility index (Phi) is 11.8. The lowest BCUT2D eigenvalue weighted by Crippen LogP contribution is -2.60. The van der Waals surface area contributed by atoms with Gasteiger partial charge in [-0.15, -0.1) is 0 Å². The second-order valence-corrected chi connectivity index (χ2v) is 12.5.